The van der Waals surface area contributed by atoms with Gasteiger partial charge in [-0.15, -0.1) is 0 Å². The largest absolute Gasteiger partial charge is 0.497 e. The lowest BCUT2D eigenvalue weighted by atomic mass is 10.2. The van der Waals surface area contributed by atoms with Gasteiger partial charge in [-0.05, 0) is 31.0 Å². The summed E-state index contributed by atoms with van der Waals surface area (Å²) in [4.78, 5) is 25.8. The predicted octanol–water partition coefficient (Wildman–Crippen LogP) is 2.22. The van der Waals surface area contributed by atoms with Crippen LogP contribution in [-0.2, 0) is 4.79 Å². The second-order valence-electron chi connectivity index (χ2n) is 5.64. The average molecular weight is 304 g/mol. The quantitative estimate of drug-likeness (QED) is 0.876. The average Bonchev–Trinajstić information content (AvgIpc) is 3.05. The maximum Gasteiger partial charge on any atom is 0.251 e. The Morgan fingerprint density at radius 1 is 1.32 bits per heavy atom. The van der Waals surface area contributed by atoms with Gasteiger partial charge in [-0.1, -0.05) is 18.9 Å². The molecule has 1 aromatic rings. The molecule has 0 heterocycles. The Kier molecular flexibility index (Phi) is 5.81. The first-order valence-electron chi connectivity index (χ1n) is 7.81. The molecule has 1 aliphatic carbocycles. The van der Waals surface area contributed by atoms with E-state index in [4.69, 9.17) is 4.74 Å². The number of benzene rings is 1. The van der Waals surface area contributed by atoms with Gasteiger partial charge >= 0.3 is 0 Å². The Hall–Kier alpha value is -2.04. The molecule has 1 aromatic carbocycles. The van der Waals surface area contributed by atoms with Crippen LogP contribution in [0.3, 0.4) is 0 Å². The molecule has 0 aromatic heterocycles. The van der Waals surface area contributed by atoms with Gasteiger partial charge in [0, 0.05) is 31.6 Å². The Morgan fingerprint density at radius 2 is 2.05 bits per heavy atom. The number of nitrogens with zero attached hydrogens (tertiary/aromatic N) is 1. The van der Waals surface area contributed by atoms with Crippen molar-refractivity contribution in [3.8, 4) is 5.75 Å². The number of amides is 2. The molecular weight excluding hydrogens is 280 g/mol. The lowest BCUT2D eigenvalue weighted by Crippen LogP contribution is -2.42. The Morgan fingerprint density at radius 3 is 2.68 bits per heavy atom. The molecule has 0 saturated heterocycles. The zero-order valence-corrected chi connectivity index (χ0v) is 13.3. The van der Waals surface area contributed by atoms with Crippen molar-refractivity contribution in [1.82, 2.24) is 10.2 Å². The molecule has 1 N–H and O–H groups in total. The summed E-state index contributed by atoms with van der Waals surface area (Å²) in [6.45, 7) is 2.63. The van der Waals surface area contributed by atoms with E-state index < -0.39 is 0 Å². The van der Waals surface area contributed by atoms with E-state index in [2.05, 4.69) is 5.32 Å². The minimum Gasteiger partial charge on any atom is -0.497 e. The van der Waals surface area contributed by atoms with Gasteiger partial charge in [-0.25, -0.2) is 0 Å². The Bertz CT molecular complexity index is 524. The summed E-state index contributed by atoms with van der Waals surface area (Å²) in [5.41, 5.74) is 0.564. The van der Waals surface area contributed by atoms with Crippen LogP contribution < -0.4 is 10.1 Å². The van der Waals surface area contributed by atoms with E-state index in [1.165, 1.54) is 12.8 Å². The van der Waals surface area contributed by atoms with Crippen molar-refractivity contribution >= 4 is 11.8 Å². The number of nitrogens with one attached hydrogen (secondary N) is 1. The molecule has 120 valence electrons. The second kappa shape index (κ2) is 7.82. The standard InChI is InChI=1S/C17H24N2O3/c1-13(20)19(15-7-3-4-8-15)11-10-18-17(21)14-6-5-9-16(12-14)22-2/h5-6,9,12,15H,3-4,7-8,10-11H2,1-2H3,(H,18,21). The summed E-state index contributed by atoms with van der Waals surface area (Å²) in [5.74, 6) is 0.598. The highest BCUT2D eigenvalue weighted by Crippen LogP contribution is 2.23. The van der Waals surface area contributed by atoms with Crippen LogP contribution in [0.1, 0.15) is 43.0 Å². The molecular formula is C17H24N2O3. The summed E-state index contributed by atoms with van der Waals surface area (Å²) >= 11 is 0. The number of ether oxygens (including phenoxy) is 1. The third kappa shape index (κ3) is 4.23. The van der Waals surface area contributed by atoms with Gasteiger partial charge in [0.25, 0.3) is 5.91 Å². The van der Waals surface area contributed by atoms with E-state index in [0.717, 1.165) is 12.8 Å². The fourth-order valence-electron chi connectivity index (χ4n) is 2.97. The molecule has 1 saturated carbocycles. The highest BCUT2D eigenvalue weighted by atomic mass is 16.5. The smallest absolute Gasteiger partial charge is 0.251 e. The molecule has 0 bridgehead atoms. The van der Waals surface area contributed by atoms with Gasteiger partial charge in [0.1, 0.15) is 5.75 Å². The van der Waals surface area contributed by atoms with Gasteiger partial charge in [0.05, 0.1) is 7.11 Å². The highest BCUT2D eigenvalue weighted by Gasteiger charge is 2.24. The summed E-state index contributed by atoms with van der Waals surface area (Å²) in [6, 6.07) is 7.38. The number of methoxy groups -OCH3 is 1. The van der Waals surface area contributed by atoms with Crippen LogP contribution in [0.2, 0.25) is 0 Å². The third-order valence-electron chi connectivity index (χ3n) is 4.14. The van der Waals surface area contributed by atoms with Crippen molar-refractivity contribution < 1.29 is 14.3 Å². The number of hydrogen-bond donors (Lipinski definition) is 1. The zero-order valence-electron chi connectivity index (χ0n) is 13.3. The van der Waals surface area contributed by atoms with Gasteiger partial charge in [-0.2, -0.15) is 0 Å². The first-order valence-corrected chi connectivity index (χ1v) is 7.81. The number of rotatable bonds is 6. The van der Waals surface area contributed by atoms with Crippen molar-refractivity contribution in [2.45, 2.75) is 38.6 Å². The first-order chi connectivity index (χ1) is 10.6. The van der Waals surface area contributed by atoms with Crippen LogP contribution in [0, 0.1) is 0 Å². The fraction of sp³-hybridized carbons (Fsp3) is 0.529. The molecule has 5 heteroatoms. The lowest BCUT2D eigenvalue weighted by molar-refractivity contribution is -0.130. The van der Waals surface area contributed by atoms with Crippen LogP contribution >= 0.6 is 0 Å². The van der Waals surface area contributed by atoms with E-state index in [1.54, 1.807) is 38.3 Å². The summed E-state index contributed by atoms with van der Waals surface area (Å²) in [7, 11) is 1.57. The molecule has 1 fully saturated rings. The van der Waals surface area contributed by atoms with Crippen LogP contribution in [0.5, 0.6) is 5.75 Å². The SMILES string of the molecule is COc1cccc(C(=O)NCCN(C(C)=O)C2CCCC2)c1. The predicted molar refractivity (Wildman–Crippen MR) is 85.0 cm³/mol. The monoisotopic (exact) mass is 304 g/mol. The summed E-state index contributed by atoms with van der Waals surface area (Å²) in [5, 5.41) is 2.87. The second-order valence-corrected chi connectivity index (χ2v) is 5.64. The molecule has 0 radical (unpaired) electrons. The topological polar surface area (TPSA) is 58.6 Å². The number of hydrogen-bond acceptors (Lipinski definition) is 3. The highest BCUT2D eigenvalue weighted by molar-refractivity contribution is 5.94. The van der Waals surface area contributed by atoms with Crippen molar-refractivity contribution in [2.75, 3.05) is 20.2 Å². The summed E-state index contributed by atoms with van der Waals surface area (Å²) < 4.78 is 5.11. The molecule has 5 nitrogen and oxygen atoms in total. The minimum atomic E-state index is -0.145. The van der Waals surface area contributed by atoms with E-state index in [0.29, 0.717) is 30.4 Å². The van der Waals surface area contributed by atoms with Gasteiger partial charge in [0.15, 0.2) is 0 Å². The minimum absolute atomic E-state index is 0.0857. The van der Waals surface area contributed by atoms with E-state index in [-0.39, 0.29) is 11.8 Å². The molecule has 2 amide bonds. The Balaban J connectivity index is 1.85. The Labute approximate surface area is 131 Å². The molecule has 0 spiro atoms. The van der Waals surface area contributed by atoms with Crippen LogP contribution in [0.4, 0.5) is 0 Å². The van der Waals surface area contributed by atoms with Crippen LogP contribution in [0.25, 0.3) is 0 Å². The molecule has 2 rings (SSSR count). The molecule has 1 aliphatic rings. The lowest BCUT2D eigenvalue weighted by Gasteiger charge is -2.27. The van der Waals surface area contributed by atoms with Crippen molar-refractivity contribution in [1.29, 1.82) is 0 Å². The maximum atomic E-state index is 12.1. The zero-order chi connectivity index (χ0) is 15.9. The van der Waals surface area contributed by atoms with E-state index >= 15 is 0 Å². The van der Waals surface area contributed by atoms with Gasteiger partial charge in [0.2, 0.25) is 5.91 Å². The normalized spacial score (nSPS) is 14.6. The summed E-state index contributed by atoms with van der Waals surface area (Å²) in [6.07, 6.45) is 4.52. The molecule has 0 atom stereocenters. The van der Waals surface area contributed by atoms with Crippen LogP contribution in [0.15, 0.2) is 24.3 Å². The van der Waals surface area contributed by atoms with Crippen molar-refractivity contribution in [2.24, 2.45) is 0 Å². The third-order valence-corrected chi connectivity index (χ3v) is 4.14. The molecule has 0 unspecified atom stereocenters. The number of carbonyl (C=O) groups excluding carboxylic acids is 2. The van der Waals surface area contributed by atoms with Crippen molar-refractivity contribution in [3.05, 3.63) is 29.8 Å². The van der Waals surface area contributed by atoms with E-state index in [9.17, 15) is 9.59 Å². The van der Waals surface area contributed by atoms with Gasteiger partial charge in [-0.3, -0.25) is 9.59 Å². The van der Waals surface area contributed by atoms with Gasteiger partial charge < -0.3 is 15.0 Å². The number of carbonyl (C=O) groups is 2. The fourth-order valence-corrected chi connectivity index (χ4v) is 2.97. The van der Waals surface area contributed by atoms with E-state index in [1.807, 2.05) is 4.90 Å². The van der Waals surface area contributed by atoms with Crippen LogP contribution in [-0.4, -0.2) is 43.0 Å². The molecule has 22 heavy (non-hydrogen) atoms. The molecule has 0 aliphatic heterocycles. The maximum absolute atomic E-state index is 12.1. The van der Waals surface area contributed by atoms with Crippen molar-refractivity contribution in [3.63, 3.8) is 0 Å². The first kappa shape index (κ1) is 16.3.